The Morgan fingerprint density at radius 2 is 0.835 bits per heavy atom. The van der Waals surface area contributed by atoms with Gasteiger partial charge >= 0.3 is 50.6 Å². The number of carbonyl (C=O) groups excluding carboxylic acids is 10. The highest BCUT2D eigenvalue weighted by Gasteiger charge is 2.44. The number of carbonyl (C=O) groups is 15. The molecule has 0 aromatic heterocycles. The average molecular weight is 1570 g/mol. The maximum atomic E-state index is 15.0. The second-order valence-electron chi connectivity index (χ2n) is 26.7. The Balaban J connectivity index is 1.45. The molecule has 40 heteroatoms. The number of amides is 10. The summed E-state index contributed by atoms with van der Waals surface area (Å²) >= 11 is 0. The fourth-order valence-electron chi connectivity index (χ4n) is 12.1. The van der Waals surface area contributed by atoms with E-state index in [1.807, 2.05) is 0 Å². The lowest BCUT2D eigenvalue weighted by Gasteiger charge is -2.34. The maximum Gasteiger partial charge on any atom is 0.446 e. The fraction of sp³-hybridized carbons (Fsp3) is 0.522. The van der Waals surface area contributed by atoms with Gasteiger partial charge in [0.1, 0.15) is 71.9 Å². The largest absolute Gasteiger partial charge is 0.481 e. The van der Waals surface area contributed by atoms with Gasteiger partial charge in [-0.15, -0.1) is 0 Å². The van der Waals surface area contributed by atoms with Crippen molar-refractivity contribution < 1.29 is 132 Å². The molecule has 0 radical (unpaired) electrons. The average Bonchev–Trinajstić information content (AvgIpc) is 1.72. The minimum atomic E-state index is -5.07. The van der Waals surface area contributed by atoms with Gasteiger partial charge in [-0.3, -0.25) is 76.2 Å². The Bertz CT molecular complexity index is 4000. The third kappa shape index (κ3) is 30.4. The highest BCUT2D eigenvalue weighted by molar-refractivity contribution is 7.81. The van der Waals surface area contributed by atoms with Crippen LogP contribution in [0.4, 0.5) is 0 Å². The molecule has 38 nitrogen and oxygen atoms in total. The first-order valence-electron chi connectivity index (χ1n) is 34.9. The zero-order valence-corrected chi connectivity index (χ0v) is 61.6. The van der Waals surface area contributed by atoms with Crippen LogP contribution in [0.2, 0.25) is 0 Å². The summed E-state index contributed by atoms with van der Waals surface area (Å²) in [6.45, 7) is 6.42. The molecule has 11 atom stereocenters. The van der Waals surface area contributed by atoms with Crippen molar-refractivity contribution in [3.05, 3.63) is 95.6 Å². The van der Waals surface area contributed by atoms with E-state index in [0.29, 0.717) is 5.56 Å². The van der Waals surface area contributed by atoms with Gasteiger partial charge in [0.05, 0.1) is 6.42 Å². The summed E-state index contributed by atoms with van der Waals surface area (Å²) < 4.78 is 73.8. The highest BCUT2D eigenvalue weighted by Crippen LogP contribution is 2.26. The van der Waals surface area contributed by atoms with E-state index in [2.05, 4.69) is 50.9 Å². The molecule has 15 N–H and O–H groups in total. The van der Waals surface area contributed by atoms with Crippen molar-refractivity contribution >= 4 is 110 Å². The molecule has 2 fully saturated rings. The van der Waals surface area contributed by atoms with E-state index >= 15 is 0 Å². The summed E-state index contributed by atoms with van der Waals surface area (Å²) in [5, 5.41) is 67.9. The lowest BCUT2D eigenvalue weighted by atomic mass is 9.96. The minimum absolute atomic E-state index is 0.0203. The molecule has 0 unspecified atom stereocenters. The molecule has 10 amide bonds. The number of rotatable bonds is 45. The summed E-state index contributed by atoms with van der Waals surface area (Å²) in [7, 11) is -10.1. The van der Waals surface area contributed by atoms with Gasteiger partial charge in [0.2, 0.25) is 59.1 Å². The van der Waals surface area contributed by atoms with Gasteiger partial charge in [-0.1, -0.05) is 88.7 Å². The Kier molecular flexibility index (Phi) is 34.2. The van der Waals surface area contributed by atoms with E-state index in [1.54, 1.807) is 58.0 Å². The molecular formula is C69H92N10O28S2. The van der Waals surface area contributed by atoms with Crippen LogP contribution in [0.25, 0.3) is 0 Å². The molecule has 5 rings (SSSR count). The van der Waals surface area contributed by atoms with Gasteiger partial charge in [-0.05, 0) is 111 Å². The Labute approximate surface area is 626 Å². The second-order valence-corrected chi connectivity index (χ2v) is 28.7. The fourth-order valence-corrected chi connectivity index (χ4v) is 12.8. The maximum absolute atomic E-state index is 15.0. The number of nitrogens with one attached hydrogen (secondary N) is 8. The lowest BCUT2D eigenvalue weighted by Crippen LogP contribution is -2.61. The van der Waals surface area contributed by atoms with Crippen molar-refractivity contribution in [3.63, 3.8) is 0 Å². The first-order valence-corrected chi connectivity index (χ1v) is 37.6. The predicted octanol–water partition coefficient (Wildman–Crippen LogP) is -0.0358. The molecule has 2 aliphatic rings. The molecule has 0 spiro atoms. The molecule has 2 aliphatic heterocycles. The first-order chi connectivity index (χ1) is 51.2. The van der Waals surface area contributed by atoms with Crippen LogP contribution in [-0.2, 0) is 112 Å². The van der Waals surface area contributed by atoms with Gasteiger partial charge in [-0.2, -0.15) is 16.8 Å². The lowest BCUT2D eigenvalue weighted by molar-refractivity contribution is -0.146. The van der Waals surface area contributed by atoms with Crippen molar-refractivity contribution in [2.75, 3.05) is 13.1 Å². The number of carboxylic acids is 5. The quantitative estimate of drug-likeness (QED) is 0.0330. The monoisotopic (exact) mass is 1570 g/mol. The molecule has 3 aromatic carbocycles. The number of benzene rings is 3. The van der Waals surface area contributed by atoms with E-state index in [1.165, 1.54) is 24.3 Å². The SMILES string of the molecule is CC[C@H](C)[C@H](NC(=O)[C@@H]1CCCN1C(=O)[C@H](CCC(=O)O)NC(=O)[C@H](Cc1ccccc1)NC(=O)CCC(=O)O)C(=O)N1CCC[C@H]1C(=O)N[C@@H](CCC(=O)O)C(=O)N[C@@H](Cc1ccc(OS(=O)(=O)O)cc1)C(=O)N[C@@H](Cc1ccc(OS(=O)(=O)O)cc1)C(=O)N[C@@H](CC(C)C)C(=O)N[C@@H](CCCC(=O)O)C(=O)O. The Hall–Kier alpha value is -10.9. The van der Waals surface area contributed by atoms with E-state index in [0.717, 1.165) is 34.1 Å². The van der Waals surface area contributed by atoms with Gasteiger partial charge in [-0.25, -0.2) is 4.79 Å². The van der Waals surface area contributed by atoms with E-state index in [4.69, 9.17) is 5.11 Å². The van der Waals surface area contributed by atoms with Crippen molar-refractivity contribution in [3.8, 4) is 11.5 Å². The standard InChI is InChI=1S/C69H92N10O28S2/c1-5-39(4)59(77-66(95)53-16-10-32-78(53)67(96)46(27-30-57(85)86)72-62(91)49(35-40-12-7-6-8-13-40)70-54(80)28-31-58(87)88)68(97)79-33-11-15-52(79)65(94)71-45(26-29-56(83)84)60(89)75-50(36-41-18-22-43(23-19-41)106-108(100,101)102)64(93)76-51(37-42-20-24-44(25-21-42)107-109(103,104)105)63(92)74-48(34-38(2)3)61(90)73-47(69(98)99)14-9-17-55(81)82/h6-8,12-13,18-25,38-39,45-53,59H,5,9-11,14-17,26-37H2,1-4H3,(H,70,80)(H,71,94)(H,72,91)(H,73,90)(H,74,92)(H,75,89)(H,76,93)(H,77,95)(H,81,82)(H,83,84)(H,85,86)(H,87,88)(H,98,99)(H,100,101,102)(H,103,104,105)/t39-,45-,46-,47-,48-,49-,50-,51-,52-,53-,59-/m0/s1. The molecule has 598 valence electrons. The second kappa shape index (κ2) is 42.0. The number of aliphatic carboxylic acids is 5. The van der Waals surface area contributed by atoms with Gasteiger partial charge in [0.25, 0.3) is 0 Å². The highest BCUT2D eigenvalue weighted by atomic mass is 32.3. The summed E-state index contributed by atoms with van der Waals surface area (Å²) in [5.41, 5.74) is 0.781. The van der Waals surface area contributed by atoms with E-state index in [9.17, 15) is 118 Å². The zero-order valence-electron chi connectivity index (χ0n) is 60.0. The third-order valence-electron chi connectivity index (χ3n) is 17.7. The van der Waals surface area contributed by atoms with Crippen molar-refractivity contribution in [2.45, 2.75) is 204 Å². The van der Waals surface area contributed by atoms with Crippen molar-refractivity contribution in [2.24, 2.45) is 11.8 Å². The molecule has 2 heterocycles. The van der Waals surface area contributed by atoms with Gasteiger partial charge in [0.15, 0.2) is 0 Å². The Morgan fingerprint density at radius 3 is 1.28 bits per heavy atom. The number of carboxylic acid groups (broad SMARTS) is 5. The van der Waals surface area contributed by atoms with Crippen LogP contribution in [0.3, 0.4) is 0 Å². The molecule has 0 bridgehead atoms. The number of hydrogen-bond acceptors (Lipinski definition) is 21. The number of nitrogens with zero attached hydrogens (tertiary/aromatic N) is 2. The van der Waals surface area contributed by atoms with Crippen LogP contribution in [0.15, 0.2) is 78.9 Å². The summed E-state index contributed by atoms with van der Waals surface area (Å²) in [6, 6.07) is 1.41. The summed E-state index contributed by atoms with van der Waals surface area (Å²) in [6.07, 6.45) is -5.53. The molecule has 2 saturated heterocycles. The van der Waals surface area contributed by atoms with E-state index < -0.39 is 251 Å². The third-order valence-corrected chi connectivity index (χ3v) is 18.5. The topological polar surface area (TPSA) is 587 Å². The van der Waals surface area contributed by atoms with Crippen LogP contribution in [0.5, 0.6) is 11.5 Å². The van der Waals surface area contributed by atoms with Crippen LogP contribution in [-0.4, -0.2) is 224 Å². The molecule has 109 heavy (non-hydrogen) atoms. The molecular weight excluding hydrogens is 1480 g/mol. The van der Waals surface area contributed by atoms with Crippen molar-refractivity contribution in [1.29, 1.82) is 0 Å². The normalized spacial score (nSPS) is 16.7. The van der Waals surface area contributed by atoms with Crippen LogP contribution in [0, 0.1) is 11.8 Å². The van der Waals surface area contributed by atoms with Crippen LogP contribution < -0.4 is 50.9 Å². The summed E-state index contributed by atoms with van der Waals surface area (Å²) in [4.78, 5) is 205. The van der Waals surface area contributed by atoms with Crippen LogP contribution in [0.1, 0.15) is 141 Å². The van der Waals surface area contributed by atoms with Crippen molar-refractivity contribution in [1.82, 2.24) is 52.3 Å². The predicted molar refractivity (Wildman–Crippen MR) is 378 cm³/mol. The summed E-state index contributed by atoms with van der Waals surface area (Å²) in [5.74, 6) is -18.8. The molecule has 0 aliphatic carbocycles. The van der Waals surface area contributed by atoms with Gasteiger partial charge < -0.3 is 86.2 Å². The first kappa shape index (κ1) is 88.8. The minimum Gasteiger partial charge on any atom is -0.481 e. The molecule has 3 aromatic rings. The molecule has 0 saturated carbocycles. The Morgan fingerprint density at radius 1 is 0.440 bits per heavy atom. The number of likely N-dealkylation sites (tertiary alicyclic amines) is 2. The zero-order chi connectivity index (χ0) is 81.0. The van der Waals surface area contributed by atoms with Gasteiger partial charge in [0, 0.05) is 58.0 Å². The van der Waals surface area contributed by atoms with Crippen LogP contribution >= 0.6 is 0 Å². The smallest absolute Gasteiger partial charge is 0.446 e. The number of hydrogen-bond donors (Lipinski definition) is 15. The van der Waals surface area contributed by atoms with E-state index in [-0.39, 0.29) is 82.0 Å².